The van der Waals surface area contributed by atoms with Gasteiger partial charge in [-0.05, 0) is 11.1 Å². The van der Waals surface area contributed by atoms with Crippen LogP contribution in [0.5, 0.6) is 0 Å². The topological polar surface area (TPSA) is 78.4 Å². The zero-order valence-electron chi connectivity index (χ0n) is 10.5. The van der Waals surface area contributed by atoms with Gasteiger partial charge in [0, 0.05) is 16.2 Å². The van der Waals surface area contributed by atoms with E-state index < -0.39 is 6.10 Å². The van der Waals surface area contributed by atoms with E-state index in [1.165, 1.54) is 0 Å². The molecular weight excluding hydrogens is 254 g/mol. The highest BCUT2D eigenvalue weighted by molar-refractivity contribution is 6.01. The summed E-state index contributed by atoms with van der Waals surface area (Å²) in [5, 5.41) is 3.47. The molecule has 1 saturated heterocycles. The molecular formula is C15H11N3O2. The minimum Gasteiger partial charge on any atom is -0.356 e. The first kappa shape index (κ1) is 12.4. The van der Waals surface area contributed by atoms with Gasteiger partial charge in [-0.1, -0.05) is 59.7 Å². The zero-order chi connectivity index (χ0) is 13.9. The molecule has 0 spiro atoms. The van der Waals surface area contributed by atoms with Crippen LogP contribution in [-0.4, -0.2) is 11.9 Å². The van der Waals surface area contributed by atoms with Gasteiger partial charge in [-0.2, -0.15) is 0 Å². The third-order valence-electron chi connectivity index (χ3n) is 3.19. The van der Waals surface area contributed by atoms with E-state index in [1.807, 2.05) is 30.3 Å². The third kappa shape index (κ3) is 2.40. The van der Waals surface area contributed by atoms with Crippen molar-refractivity contribution >= 4 is 11.5 Å². The number of nitrogens with zero attached hydrogens (tertiary/aromatic N) is 3. The van der Waals surface area contributed by atoms with Crippen LogP contribution in [0.25, 0.3) is 10.4 Å². The summed E-state index contributed by atoms with van der Waals surface area (Å²) < 4.78 is 5.47. The molecule has 1 heterocycles. The van der Waals surface area contributed by atoms with Crippen LogP contribution in [0.4, 0.5) is 5.69 Å². The fraction of sp³-hybridized carbons (Fsp3) is 0.133. The lowest BCUT2D eigenvalue weighted by atomic mass is 10.0. The van der Waals surface area contributed by atoms with E-state index in [4.69, 9.17) is 10.3 Å². The maximum absolute atomic E-state index is 12.2. The van der Waals surface area contributed by atoms with Gasteiger partial charge in [0.1, 0.15) is 6.10 Å². The van der Waals surface area contributed by atoms with E-state index in [0.29, 0.717) is 11.3 Å². The van der Waals surface area contributed by atoms with E-state index in [-0.39, 0.29) is 11.9 Å². The summed E-state index contributed by atoms with van der Waals surface area (Å²) in [7, 11) is 0. The van der Waals surface area contributed by atoms with Crippen LogP contribution in [-0.2, 0) is 4.74 Å². The molecule has 1 aliphatic rings. The lowest BCUT2D eigenvalue weighted by molar-refractivity contribution is 0.0953. The summed E-state index contributed by atoms with van der Waals surface area (Å²) in [6.45, 7) is 0. The van der Waals surface area contributed by atoms with Gasteiger partial charge in [0.25, 0.3) is 0 Å². The van der Waals surface area contributed by atoms with Gasteiger partial charge in [-0.3, -0.25) is 4.79 Å². The van der Waals surface area contributed by atoms with Crippen LogP contribution in [0.3, 0.4) is 0 Å². The maximum atomic E-state index is 12.2. The van der Waals surface area contributed by atoms with E-state index >= 15 is 0 Å². The Hall–Kier alpha value is -2.62. The molecule has 3 rings (SSSR count). The summed E-state index contributed by atoms with van der Waals surface area (Å²) >= 11 is 0. The lowest BCUT2D eigenvalue weighted by Crippen LogP contribution is -2.07. The van der Waals surface area contributed by atoms with Gasteiger partial charge in [0.05, 0.1) is 0 Å². The molecule has 0 aliphatic carbocycles. The third-order valence-corrected chi connectivity index (χ3v) is 3.19. The Balaban J connectivity index is 1.73. The standard InChI is InChI=1S/C15H11N3O2/c16-18-17-12-8-6-10(7-9-12)13(19)15-14(20-15)11-4-2-1-3-5-11/h1-9,14-15H. The monoisotopic (exact) mass is 265 g/mol. The number of carbonyl (C=O) groups is 1. The van der Waals surface area contributed by atoms with Crippen LogP contribution in [0.15, 0.2) is 59.7 Å². The average molecular weight is 265 g/mol. The Morgan fingerprint density at radius 2 is 1.80 bits per heavy atom. The molecule has 2 atom stereocenters. The van der Waals surface area contributed by atoms with Gasteiger partial charge < -0.3 is 4.74 Å². The Labute approximate surface area is 115 Å². The summed E-state index contributed by atoms with van der Waals surface area (Å²) in [6.07, 6.45) is -0.566. The molecule has 0 N–H and O–H groups in total. The molecule has 0 radical (unpaired) electrons. The second-order valence-corrected chi connectivity index (χ2v) is 4.49. The van der Waals surface area contributed by atoms with Crippen LogP contribution < -0.4 is 0 Å². The average Bonchev–Trinajstić information content (AvgIpc) is 3.29. The molecule has 5 nitrogen and oxygen atoms in total. The smallest absolute Gasteiger partial charge is 0.194 e. The minimum atomic E-state index is -0.414. The van der Waals surface area contributed by atoms with Crippen LogP contribution in [0.1, 0.15) is 22.0 Å². The van der Waals surface area contributed by atoms with Crippen molar-refractivity contribution < 1.29 is 9.53 Å². The van der Waals surface area contributed by atoms with Gasteiger partial charge in [-0.25, -0.2) is 0 Å². The number of azide groups is 1. The number of epoxide rings is 1. The second-order valence-electron chi connectivity index (χ2n) is 4.49. The van der Waals surface area contributed by atoms with Crippen molar-refractivity contribution in [2.24, 2.45) is 5.11 Å². The van der Waals surface area contributed by atoms with E-state index in [1.54, 1.807) is 24.3 Å². The Morgan fingerprint density at radius 1 is 1.10 bits per heavy atom. The number of rotatable bonds is 4. The van der Waals surface area contributed by atoms with Crippen molar-refractivity contribution in [1.29, 1.82) is 0 Å². The lowest BCUT2D eigenvalue weighted by Gasteiger charge is -1.98. The number of ether oxygens (including phenoxy) is 1. The fourth-order valence-corrected chi connectivity index (χ4v) is 2.12. The number of hydrogen-bond donors (Lipinski definition) is 0. The molecule has 2 unspecified atom stereocenters. The summed E-state index contributed by atoms with van der Waals surface area (Å²) in [5.41, 5.74) is 10.4. The molecule has 20 heavy (non-hydrogen) atoms. The fourth-order valence-electron chi connectivity index (χ4n) is 2.12. The molecule has 1 fully saturated rings. The van der Waals surface area contributed by atoms with Crippen molar-refractivity contribution in [1.82, 2.24) is 0 Å². The molecule has 0 saturated carbocycles. The Bertz CT molecular complexity index is 676. The van der Waals surface area contributed by atoms with Crippen molar-refractivity contribution in [3.63, 3.8) is 0 Å². The molecule has 1 aliphatic heterocycles. The number of benzene rings is 2. The predicted octanol–water partition coefficient (Wildman–Crippen LogP) is 3.95. The predicted molar refractivity (Wildman–Crippen MR) is 73.6 cm³/mol. The van der Waals surface area contributed by atoms with Crippen molar-refractivity contribution in [3.05, 3.63) is 76.2 Å². The first-order chi connectivity index (χ1) is 9.79. The Morgan fingerprint density at radius 3 is 2.45 bits per heavy atom. The normalized spacial score (nSPS) is 20.0. The molecule has 98 valence electrons. The van der Waals surface area contributed by atoms with Crippen LogP contribution >= 0.6 is 0 Å². The van der Waals surface area contributed by atoms with Gasteiger partial charge in [0.2, 0.25) is 0 Å². The summed E-state index contributed by atoms with van der Waals surface area (Å²) in [6, 6.07) is 16.2. The highest BCUT2D eigenvalue weighted by Crippen LogP contribution is 2.40. The highest BCUT2D eigenvalue weighted by atomic mass is 16.6. The largest absolute Gasteiger partial charge is 0.356 e. The SMILES string of the molecule is [N-]=[N+]=Nc1ccc(C(=O)C2OC2c2ccccc2)cc1. The summed E-state index contributed by atoms with van der Waals surface area (Å²) in [5.74, 6) is -0.0497. The molecule has 2 aromatic carbocycles. The Kier molecular flexibility index (Phi) is 3.21. The molecule has 0 amide bonds. The van der Waals surface area contributed by atoms with E-state index in [2.05, 4.69) is 10.0 Å². The quantitative estimate of drug-likeness (QED) is 0.276. The van der Waals surface area contributed by atoms with Gasteiger partial charge in [0.15, 0.2) is 11.9 Å². The van der Waals surface area contributed by atoms with E-state index in [9.17, 15) is 4.79 Å². The van der Waals surface area contributed by atoms with Gasteiger partial charge in [-0.15, -0.1) is 0 Å². The number of Topliss-reactive ketones (excluding diaryl/α,β-unsaturated/α-hetero) is 1. The van der Waals surface area contributed by atoms with Gasteiger partial charge >= 0.3 is 0 Å². The molecule has 5 heteroatoms. The van der Waals surface area contributed by atoms with E-state index in [0.717, 1.165) is 5.56 Å². The highest BCUT2D eigenvalue weighted by Gasteiger charge is 2.45. The minimum absolute atomic E-state index is 0.0497. The summed E-state index contributed by atoms with van der Waals surface area (Å²) in [4.78, 5) is 14.9. The van der Waals surface area contributed by atoms with Crippen molar-refractivity contribution in [2.75, 3.05) is 0 Å². The molecule has 0 aromatic heterocycles. The number of carbonyl (C=O) groups excluding carboxylic acids is 1. The van der Waals surface area contributed by atoms with Crippen LogP contribution in [0, 0.1) is 0 Å². The van der Waals surface area contributed by atoms with Crippen LogP contribution in [0.2, 0.25) is 0 Å². The molecule has 0 bridgehead atoms. The van der Waals surface area contributed by atoms with Crippen molar-refractivity contribution in [2.45, 2.75) is 12.2 Å². The maximum Gasteiger partial charge on any atom is 0.194 e. The first-order valence-electron chi connectivity index (χ1n) is 6.19. The molecule has 2 aromatic rings. The zero-order valence-corrected chi connectivity index (χ0v) is 10.5. The first-order valence-corrected chi connectivity index (χ1v) is 6.19. The second kappa shape index (κ2) is 5.17. The number of ketones is 1. The van der Waals surface area contributed by atoms with Crippen molar-refractivity contribution in [3.8, 4) is 0 Å². The number of hydrogen-bond acceptors (Lipinski definition) is 3.